The summed E-state index contributed by atoms with van der Waals surface area (Å²) in [5.41, 5.74) is 0.979. The number of rotatable bonds is 7. The minimum atomic E-state index is -0.298. The van der Waals surface area contributed by atoms with Crippen molar-refractivity contribution in [1.82, 2.24) is 15.0 Å². The van der Waals surface area contributed by atoms with Crippen molar-refractivity contribution in [2.75, 3.05) is 32.8 Å². The molecule has 162 valence electrons. The standard InChI is InChI=1S/C22H28FN3O4/c1-2-17-11-20(30-24-17)12-25-9-7-18(8-10-25)26-13-21(29-15-22(26)27)14-28-19-5-3-16(23)4-6-19/h3-6,11,18,21H,2,7-10,12-15H2,1H3/t21-/m1/s1. The predicted octanol–water partition coefficient (Wildman–Crippen LogP) is 2.65. The number of piperidine rings is 1. The smallest absolute Gasteiger partial charge is 0.248 e. The number of hydrogen-bond acceptors (Lipinski definition) is 6. The zero-order valence-electron chi connectivity index (χ0n) is 17.3. The van der Waals surface area contributed by atoms with Gasteiger partial charge in [0, 0.05) is 25.2 Å². The van der Waals surface area contributed by atoms with Gasteiger partial charge < -0.3 is 18.9 Å². The number of halogens is 1. The van der Waals surface area contributed by atoms with Gasteiger partial charge in [-0.2, -0.15) is 0 Å². The zero-order chi connectivity index (χ0) is 20.9. The fourth-order valence-corrected chi connectivity index (χ4v) is 4.03. The highest BCUT2D eigenvalue weighted by atomic mass is 19.1. The summed E-state index contributed by atoms with van der Waals surface area (Å²) in [6, 6.07) is 8.14. The molecule has 2 aromatic rings. The topological polar surface area (TPSA) is 68.0 Å². The molecule has 1 atom stereocenters. The minimum Gasteiger partial charge on any atom is -0.491 e. The lowest BCUT2D eigenvalue weighted by molar-refractivity contribution is -0.155. The molecule has 4 rings (SSSR count). The Morgan fingerprint density at radius 1 is 1.23 bits per heavy atom. The van der Waals surface area contributed by atoms with Crippen LogP contribution in [0.25, 0.3) is 0 Å². The second kappa shape index (κ2) is 9.57. The number of carbonyl (C=O) groups excluding carboxylic acids is 1. The average Bonchev–Trinajstić information content (AvgIpc) is 3.22. The van der Waals surface area contributed by atoms with E-state index in [0.717, 1.165) is 50.4 Å². The van der Waals surface area contributed by atoms with Crippen LogP contribution in [0.15, 0.2) is 34.9 Å². The van der Waals surface area contributed by atoms with Crippen molar-refractivity contribution in [2.45, 2.75) is 44.9 Å². The number of nitrogens with zero attached hydrogens (tertiary/aromatic N) is 3. The molecule has 2 saturated heterocycles. The van der Waals surface area contributed by atoms with Crippen LogP contribution in [0.2, 0.25) is 0 Å². The van der Waals surface area contributed by atoms with Crippen LogP contribution in [0.3, 0.4) is 0 Å². The van der Waals surface area contributed by atoms with E-state index >= 15 is 0 Å². The molecular weight excluding hydrogens is 389 g/mol. The van der Waals surface area contributed by atoms with Crippen LogP contribution in [0.1, 0.15) is 31.2 Å². The van der Waals surface area contributed by atoms with E-state index < -0.39 is 0 Å². The molecule has 2 aliphatic rings. The molecule has 2 fully saturated rings. The van der Waals surface area contributed by atoms with E-state index in [1.807, 2.05) is 11.0 Å². The number of carbonyl (C=O) groups is 1. The Bertz CT molecular complexity index is 833. The first-order chi connectivity index (χ1) is 14.6. The molecule has 0 bridgehead atoms. The first-order valence-corrected chi connectivity index (χ1v) is 10.6. The van der Waals surface area contributed by atoms with Crippen LogP contribution in [0.4, 0.5) is 4.39 Å². The van der Waals surface area contributed by atoms with Crippen molar-refractivity contribution in [3.05, 3.63) is 47.6 Å². The van der Waals surface area contributed by atoms with Gasteiger partial charge in [-0.3, -0.25) is 9.69 Å². The van der Waals surface area contributed by atoms with Gasteiger partial charge in [0.05, 0.1) is 18.8 Å². The monoisotopic (exact) mass is 417 g/mol. The van der Waals surface area contributed by atoms with Crippen molar-refractivity contribution in [3.8, 4) is 5.75 Å². The van der Waals surface area contributed by atoms with Gasteiger partial charge in [-0.1, -0.05) is 12.1 Å². The Morgan fingerprint density at radius 2 is 2.00 bits per heavy atom. The van der Waals surface area contributed by atoms with E-state index in [9.17, 15) is 9.18 Å². The van der Waals surface area contributed by atoms with Crippen LogP contribution in [-0.4, -0.2) is 65.9 Å². The van der Waals surface area contributed by atoms with Gasteiger partial charge in [-0.25, -0.2) is 4.39 Å². The number of amides is 1. The number of likely N-dealkylation sites (tertiary alicyclic amines) is 1. The minimum absolute atomic E-state index is 0.0364. The van der Waals surface area contributed by atoms with E-state index in [2.05, 4.69) is 17.0 Å². The molecule has 3 heterocycles. The highest BCUT2D eigenvalue weighted by Crippen LogP contribution is 2.22. The Balaban J connectivity index is 1.25. The molecule has 0 radical (unpaired) electrons. The molecule has 0 aliphatic carbocycles. The van der Waals surface area contributed by atoms with Crippen molar-refractivity contribution in [2.24, 2.45) is 0 Å². The quantitative estimate of drug-likeness (QED) is 0.690. The van der Waals surface area contributed by atoms with Gasteiger partial charge >= 0.3 is 0 Å². The number of ether oxygens (including phenoxy) is 2. The number of morpholine rings is 1. The van der Waals surface area contributed by atoms with E-state index in [1.165, 1.54) is 12.1 Å². The van der Waals surface area contributed by atoms with Crippen molar-refractivity contribution in [1.29, 1.82) is 0 Å². The summed E-state index contributed by atoms with van der Waals surface area (Å²) < 4.78 is 29.8. The van der Waals surface area contributed by atoms with Gasteiger partial charge in [0.1, 0.15) is 30.9 Å². The lowest BCUT2D eigenvalue weighted by Gasteiger charge is -2.41. The summed E-state index contributed by atoms with van der Waals surface area (Å²) >= 11 is 0. The summed E-state index contributed by atoms with van der Waals surface area (Å²) in [4.78, 5) is 16.7. The van der Waals surface area contributed by atoms with E-state index in [-0.39, 0.29) is 30.5 Å². The molecule has 0 N–H and O–H groups in total. The van der Waals surface area contributed by atoms with Gasteiger partial charge in [0.25, 0.3) is 0 Å². The fraction of sp³-hybridized carbons (Fsp3) is 0.545. The molecule has 1 aromatic carbocycles. The van der Waals surface area contributed by atoms with Crippen LogP contribution in [-0.2, 0) is 22.5 Å². The summed E-state index contributed by atoms with van der Waals surface area (Å²) in [5.74, 6) is 1.23. The molecular formula is C22H28FN3O4. The molecule has 2 aliphatic heterocycles. The van der Waals surface area contributed by atoms with Gasteiger partial charge in [-0.05, 0) is 43.5 Å². The van der Waals surface area contributed by atoms with Gasteiger partial charge in [-0.15, -0.1) is 0 Å². The maximum Gasteiger partial charge on any atom is 0.248 e. The third-order valence-electron chi connectivity index (χ3n) is 5.76. The van der Waals surface area contributed by atoms with Crippen LogP contribution < -0.4 is 4.74 Å². The third kappa shape index (κ3) is 5.17. The zero-order valence-corrected chi connectivity index (χ0v) is 17.3. The van der Waals surface area contributed by atoms with Crippen LogP contribution >= 0.6 is 0 Å². The molecule has 0 unspecified atom stereocenters. The molecule has 7 nitrogen and oxygen atoms in total. The Kier molecular flexibility index (Phi) is 6.64. The van der Waals surface area contributed by atoms with Crippen LogP contribution in [0.5, 0.6) is 5.75 Å². The second-order valence-electron chi connectivity index (χ2n) is 7.89. The maximum absolute atomic E-state index is 13.0. The SMILES string of the molecule is CCc1cc(CN2CCC(N3C[C@H](COc4ccc(F)cc4)OCC3=O)CC2)on1. The molecule has 1 aromatic heterocycles. The first-order valence-electron chi connectivity index (χ1n) is 10.6. The van der Waals surface area contributed by atoms with Crippen molar-refractivity contribution < 1.29 is 23.2 Å². The largest absolute Gasteiger partial charge is 0.491 e. The normalized spacial score (nSPS) is 21.2. The van der Waals surface area contributed by atoms with E-state index in [1.54, 1.807) is 12.1 Å². The summed E-state index contributed by atoms with van der Waals surface area (Å²) in [5, 5.41) is 4.05. The van der Waals surface area contributed by atoms with Gasteiger partial charge in [0.2, 0.25) is 5.91 Å². The second-order valence-corrected chi connectivity index (χ2v) is 7.89. The number of aryl methyl sites for hydroxylation is 1. The third-order valence-corrected chi connectivity index (χ3v) is 5.76. The highest BCUT2D eigenvalue weighted by Gasteiger charge is 2.34. The fourth-order valence-electron chi connectivity index (χ4n) is 4.03. The average molecular weight is 417 g/mol. The molecule has 8 heteroatoms. The Morgan fingerprint density at radius 3 is 2.70 bits per heavy atom. The molecule has 0 saturated carbocycles. The summed E-state index contributed by atoms with van der Waals surface area (Å²) in [6.45, 7) is 5.57. The number of benzene rings is 1. The van der Waals surface area contributed by atoms with Crippen molar-refractivity contribution >= 4 is 5.91 Å². The summed E-state index contributed by atoms with van der Waals surface area (Å²) in [7, 11) is 0. The van der Waals surface area contributed by atoms with Gasteiger partial charge in [0.15, 0.2) is 5.76 Å². The summed E-state index contributed by atoms with van der Waals surface area (Å²) in [6.07, 6.45) is 2.53. The highest BCUT2D eigenvalue weighted by molar-refractivity contribution is 5.78. The maximum atomic E-state index is 13.0. The lowest BCUT2D eigenvalue weighted by atomic mass is 10.0. The Hall–Kier alpha value is -2.45. The van der Waals surface area contributed by atoms with Crippen LogP contribution in [0, 0.1) is 5.82 Å². The Labute approximate surface area is 175 Å². The molecule has 0 spiro atoms. The van der Waals surface area contributed by atoms with E-state index in [4.69, 9.17) is 14.0 Å². The molecule has 1 amide bonds. The first kappa shape index (κ1) is 20.8. The number of aromatic nitrogens is 1. The lowest BCUT2D eigenvalue weighted by Crippen LogP contribution is -2.55. The van der Waals surface area contributed by atoms with Crippen molar-refractivity contribution in [3.63, 3.8) is 0 Å². The number of hydrogen-bond donors (Lipinski definition) is 0. The van der Waals surface area contributed by atoms with E-state index in [0.29, 0.717) is 18.9 Å². The molecule has 30 heavy (non-hydrogen) atoms. The predicted molar refractivity (Wildman–Crippen MR) is 108 cm³/mol.